The standard InChI is InChI=1S/C13H21N3O3/c1-5-16-10(3)11(9(2)14-16)8-15(4)12(17)6-7-13(18)19/h5-8H2,1-4H3,(H,18,19). The van der Waals surface area contributed by atoms with Gasteiger partial charge in [0.1, 0.15) is 0 Å². The highest BCUT2D eigenvalue weighted by Crippen LogP contribution is 2.15. The summed E-state index contributed by atoms with van der Waals surface area (Å²) in [6.45, 7) is 7.18. The van der Waals surface area contributed by atoms with Crippen LogP contribution < -0.4 is 0 Å². The molecule has 0 saturated carbocycles. The van der Waals surface area contributed by atoms with Crippen molar-refractivity contribution in [1.29, 1.82) is 0 Å². The van der Waals surface area contributed by atoms with Crippen molar-refractivity contribution < 1.29 is 14.7 Å². The van der Waals surface area contributed by atoms with Crippen LogP contribution in [0.4, 0.5) is 0 Å². The van der Waals surface area contributed by atoms with Crippen molar-refractivity contribution in [3.05, 3.63) is 17.0 Å². The summed E-state index contributed by atoms with van der Waals surface area (Å²) in [6, 6.07) is 0. The summed E-state index contributed by atoms with van der Waals surface area (Å²) in [4.78, 5) is 23.8. The number of carboxylic acid groups (broad SMARTS) is 1. The lowest BCUT2D eigenvalue weighted by Gasteiger charge is -2.17. The van der Waals surface area contributed by atoms with Crippen molar-refractivity contribution >= 4 is 11.9 Å². The number of aromatic nitrogens is 2. The van der Waals surface area contributed by atoms with E-state index in [9.17, 15) is 9.59 Å². The molecular formula is C13H21N3O3. The second-order valence-electron chi connectivity index (χ2n) is 4.61. The van der Waals surface area contributed by atoms with Crippen molar-refractivity contribution in [1.82, 2.24) is 14.7 Å². The lowest BCUT2D eigenvalue weighted by molar-refractivity contribution is -0.140. The molecule has 0 unspecified atom stereocenters. The van der Waals surface area contributed by atoms with Gasteiger partial charge in [-0.2, -0.15) is 5.10 Å². The minimum absolute atomic E-state index is 0.0336. The normalized spacial score (nSPS) is 10.5. The molecule has 0 spiro atoms. The van der Waals surface area contributed by atoms with Crippen LogP contribution in [0.5, 0.6) is 0 Å². The van der Waals surface area contributed by atoms with Crippen LogP contribution >= 0.6 is 0 Å². The van der Waals surface area contributed by atoms with E-state index in [1.807, 2.05) is 25.5 Å². The molecule has 106 valence electrons. The van der Waals surface area contributed by atoms with Crippen LogP contribution in [-0.4, -0.2) is 38.7 Å². The number of hydrogen-bond donors (Lipinski definition) is 1. The Morgan fingerprint density at radius 1 is 1.32 bits per heavy atom. The first-order chi connectivity index (χ1) is 8.86. The SMILES string of the molecule is CCn1nc(C)c(CN(C)C(=O)CCC(=O)O)c1C. The molecule has 6 heteroatoms. The van der Waals surface area contributed by atoms with Gasteiger partial charge in [-0.1, -0.05) is 0 Å². The molecule has 1 heterocycles. The molecular weight excluding hydrogens is 246 g/mol. The summed E-state index contributed by atoms with van der Waals surface area (Å²) in [5, 5.41) is 13.0. The second-order valence-corrected chi connectivity index (χ2v) is 4.61. The van der Waals surface area contributed by atoms with E-state index in [1.54, 1.807) is 11.9 Å². The molecule has 0 radical (unpaired) electrons. The van der Waals surface area contributed by atoms with Gasteiger partial charge in [-0.3, -0.25) is 14.3 Å². The van der Waals surface area contributed by atoms with E-state index in [4.69, 9.17) is 5.11 Å². The number of aryl methyl sites for hydroxylation is 2. The first-order valence-corrected chi connectivity index (χ1v) is 6.35. The molecule has 0 atom stereocenters. The molecule has 0 aromatic carbocycles. The predicted molar refractivity (Wildman–Crippen MR) is 70.7 cm³/mol. The highest BCUT2D eigenvalue weighted by Gasteiger charge is 2.16. The van der Waals surface area contributed by atoms with Gasteiger partial charge in [-0.15, -0.1) is 0 Å². The first-order valence-electron chi connectivity index (χ1n) is 6.35. The predicted octanol–water partition coefficient (Wildman–Crippen LogP) is 1.34. The number of nitrogens with zero attached hydrogens (tertiary/aromatic N) is 3. The summed E-state index contributed by atoms with van der Waals surface area (Å²) in [5.74, 6) is -1.11. The summed E-state index contributed by atoms with van der Waals surface area (Å²) >= 11 is 0. The van der Waals surface area contributed by atoms with Crippen LogP contribution in [0.15, 0.2) is 0 Å². The molecule has 6 nitrogen and oxygen atoms in total. The van der Waals surface area contributed by atoms with Gasteiger partial charge in [-0.25, -0.2) is 0 Å². The Hall–Kier alpha value is -1.85. The fourth-order valence-electron chi connectivity index (χ4n) is 2.00. The molecule has 19 heavy (non-hydrogen) atoms. The van der Waals surface area contributed by atoms with Crippen LogP contribution in [0.3, 0.4) is 0 Å². The Morgan fingerprint density at radius 3 is 2.42 bits per heavy atom. The first kappa shape index (κ1) is 15.2. The van der Waals surface area contributed by atoms with E-state index < -0.39 is 5.97 Å². The minimum atomic E-state index is -0.951. The smallest absolute Gasteiger partial charge is 0.303 e. The Labute approximate surface area is 113 Å². The lowest BCUT2D eigenvalue weighted by atomic mass is 10.2. The van der Waals surface area contributed by atoms with Crippen LogP contribution in [0, 0.1) is 13.8 Å². The molecule has 0 saturated heterocycles. The molecule has 0 fully saturated rings. The monoisotopic (exact) mass is 267 g/mol. The lowest BCUT2D eigenvalue weighted by Crippen LogP contribution is -2.27. The van der Waals surface area contributed by atoms with Crippen LogP contribution in [0.2, 0.25) is 0 Å². The second kappa shape index (κ2) is 6.36. The molecule has 1 aromatic heterocycles. The molecule has 1 rings (SSSR count). The topological polar surface area (TPSA) is 75.4 Å². The van der Waals surface area contributed by atoms with Crippen LogP contribution in [0.25, 0.3) is 0 Å². The number of carbonyl (C=O) groups is 2. The molecule has 0 bridgehead atoms. The van der Waals surface area contributed by atoms with Gasteiger partial charge in [0, 0.05) is 37.8 Å². The Morgan fingerprint density at radius 2 is 1.95 bits per heavy atom. The number of aliphatic carboxylic acids is 1. The van der Waals surface area contributed by atoms with E-state index in [-0.39, 0.29) is 18.7 Å². The number of carboxylic acids is 1. The summed E-state index contributed by atoms with van der Waals surface area (Å²) in [5.41, 5.74) is 3.00. The summed E-state index contributed by atoms with van der Waals surface area (Å²) in [6.07, 6.45) is -0.0960. The van der Waals surface area contributed by atoms with E-state index in [1.165, 1.54) is 0 Å². The number of rotatable bonds is 6. The fourth-order valence-corrected chi connectivity index (χ4v) is 2.00. The highest BCUT2D eigenvalue weighted by atomic mass is 16.4. The van der Waals surface area contributed by atoms with Crippen molar-refractivity contribution in [2.24, 2.45) is 0 Å². The van der Waals surface area contributed by atoms with E-state index in [0.29, 0.717) is 6.54 Å². The van der Waals surface area contributed by atoms with Gasteiger partial charge < -0.3 is 10.0 Å². The summed E-state index contributed by atoms with van der Waals surface area (Å²) < 4.78 is 1.90. The zero-order valence-corrected chi connectivity index (χ0v) is 11.9. The van der Waals surface area contributed by atoms with Gasteiger partial charge in [0.2, 0.25) is 5.91 Å². The quantitative estimate of drug-likeness (QED) is 0.844. The number of amides is 1. The van der Waals surface area contributed by atoms with Crippen molar-refractivity contribution in [3.63, 3.8) is 0 Å². The van der Waals surface area contributed by atoms with Crippen molar-refractivity contribution in [3.8, 4) is 0 Å². The van der Waals surface area contributed by atoms with Gasteiger partial charge in [0.05, 0.1) is 12.1 Å². The van der Waals surface area contributed by atoms with Gasteiger partial charge in [0.15, 0.2) is 0 Å². The third kappa shape index (κ3) is 3.81. The molecule has 1 N–H and O–H groups in total. The Kier molecular flexibility index (Phi) is 5.09. The van der Waals surface area contributed by atoms with E-state index in [2.05, 4.69) is 5.10 Å². The molecule has 0 aliphatic carbocycles. The maximum Gasteiger partial charge on any atom is 0.303 e. The number of carbonyl (C=O) groups excluding carboxylic acids is 1. The van der Waals surface area contributed by atoms with Crippen LogP contribution in [-0.2, 0) is 22.7 Å². The van der Waals surface area contributed by atoms with E-state index in [0.717, 1.165) is 23.5 Å². The minimum Gasteiger partial charge on any atom is -0.481 e. The average molecular weight is 267 g/mol. The van der Waals surface area contributed by atoms with Gasteiger partial charge in [-0.05, 0) is 20.8 Å². The maximum absolute atomic E-state index is 11.8. The Balaban J connectivity index is 2.71. The van der Waals surface area contributed by atoms with Crippen molar-refractivity contribution in [2.45, 2.75) is 46.7 Å². The fraction of sp³-hybridized carbons (Fsp3) is 0.615. The maximum atomic E-state index is 11.8. The largest absolute Gasteiger partial charge is 0.481 e. The third-order valence-electron chi connectivity index (χ3n) is 3.20. The summed E-state index contributed by atoms with van der Waals surface area (Å²) in [7, 11) is 1.69. The molecule has 0 aliphatic rings. The third-order valence-corrected chi connectivity index (χ3v) is 3.20. The highest BCUT2D eigenvalue weighted by molar-refractivity contribution is 5.80. The number of hydrogen-bond acceptors (Lipinski definition) is 3. The molecule has 0 aliphatic heterocycles. The van der Waals surface area contributed by atoms with Crippen molar-refractivity contribution in [2.75, 3.05) is 7.05 Å². The van der Waals surface area contributed by atoms with Gasteiger partial charge >= 0.3 is 5.97 Å². The zero-order chi connectivity index (χ0) is 14.6. The molecule has 1 aromatic rings. The zero-order valence-electron chi connectivity index (χ0n) is 11.9. The van der Waals surface area contributed by atoms with Gasteiger partial charge in [0.25, 0.3) is 0 Å². The Bertz CT molecular complexity index is 480. The molecule has 1 amide bonds. The van der Waals surface area contributed by atoms with E-state index >= 15 is 0 Å². The average Bonchev–Trinajstić information content (AvgIpc) is 2.62. The van der Waals surface area contributed by atoms with Crippen LogP contribution in [0.1, 0.15) is 36.7 Å².